The van der Waals surface area contributed by atoms with Crippen molar-refractivity contribution in [3.63, 3.8) is 0 Å². The van der Waals surface area contributed by atoms with Gasteiger partial charge < -0.3 is 10.0 Å². The topological polar surface area (TPSA) is 91.8 Å². The van der Waals surface area contributed by atoms with E-state index in [1.807, 2.05) is 12.1 Å². The van der Waals surface area contributed by atoms with Crippen LogP contribution in [-0.2, 0) is 14.6 Å². The normalized spacial score (nSPS) is 18.3. The molecule has 0 saturated carbocycles. The molecule has 1 heterocycles. The maximum absolute atomic E-state index is 13.4. The van der Waals surface area contributed by atoms with Gasteiger partial charge in [-0.3, -0.25) is 4.79 Å². The predicted octanol–water partition coefficient (Wildman–Crippen LogP) is 4.84. The highest BCUT2D eigenvalue weighted by Gasteiger charge is 2.42. The number of halogens is 1. The maximum atomic E-state index is 13.4. The molecule has 8 heteroatoms. The van der Waals surface area contributed by atoms with Crippen LogP contribution in [0.15, 0.2) is 77.7 Å². The molecule has 0 aliphatic carbocycles. The summed E-state index contributed by atoms with van der Waals surface area (Å²) in [5.74, 6) is -1.41. The molecule has 3 aromatic rings. The van der Waals surface area contributed by atoms with Crippen molar-refractivity contribution in [1.29, 1.82) is 0 Å². The first-order valence-electron chi connectivity index (χ1n) is 10.4. The van der Waals surface area contributed by atoms with Gasteiger partial charge in [0, 0.05) is 16.8 Å². The van der Waals surface area contributed by atoms with Crippen LogP contribution in [0.25, 0.3) is 11.1 Å². The number of amides is 1. The largest absolute Gasteiger partial charge is 0.480 e. The summed E-state index contributed by atoms with van der Waals surface area (Å²) < 4.78 is 23.3. The van der Waals surface area contributed by atoms with Gasteiger partial charge in [-0.1, -0.05) is 54.1 Å². The summed E-state index contributed by atoms with van der Waals surface area (Å²) in [6, 6.07) is 19.2. The molecule has 0 spiro atoms. The predicted molar refractivity (Wildman–Crippen MR) is 126 cm³/mol. The first kappa shape index (κ1) is 23.0. The van der Waals surface area contributed by atoms with Crippen LogP contribution in [0.3, 0.4) is 0 Å². The summed E-state index contributed by atoms with van der Waals surface area (Å²) in [5.41, 5.74) is 2.72. The lowest BCUT2D eigenvalue weighted by molar-refractivity contribution is -0.141. The second-order valence-corrected chi connectivity index (χ2v) is 10.5. The summed E-state index contributed by atoms with van der Waals surface area (Å²) in [4.78, 5) is 26.9. The number of benzene rings is 3. The molecule has 1 fully saturated rings. The number of carbonyl (C=O) groups excluding carboxylic acids is 1. The van der Waals surface area contributed by atoms with Crippen molar-refractivity contribution < 1.29 is 23.1 Å². The number of carboxylic acids is 1. The van der Waals surface area contributed by atoms with Crippen LogP contribution in [0.1, 0.15) is 34.8 Å². The van der Waals surface area contributed by atoms with E-state index < -0.39 is 27.9 Å². The lowest BCUT2D eigenvalue weighted by Gasteiger charge is -2.29. The number of hydrogen-bond acceptors (Lipinski definition) is 4. The number of aliphatic carboxylic acids is 1. The Kier molecular flexibility index (Phi) is 6.28. The summed E-state index contributed by atoms with van der Waals surface area (Å²) in [6.45, 7) is 0. The first-order valence-corrected chi connectivity index (χ1v) is 12.6. The van der Waals surface area contributed by atoms with E-state index >= 15 is 0 Å². The minimum atomic E-state index is -3.28. The summed E-state index contributed by atoms with van der Waals surface area (Å²) in [6.07, 6.45) is 2.01. The van der Waals surface area contributed by atoms with Gasteiger partial charge in [0.25, 0.3) is 5.91 Å². The maximum Gasteiger partial charge on any atom is 0.326 e. The van der Waals surface area contributed by atoms with Crippen molar-refractivity contribution in [1.82, 2.24) is 4.90 Å². The standard InChI is InChI=1S/C25H22ClNO5S/c1-33(31,32)19-12-10-17(11-13-19)16-6-8-18(9-7-16)24(28)27-22(14-15-23(27)25(29)30)20-4-2-3-5-21(20)26/h2-13,22-23H,14-15H2,1H3,(H,29,30)/t22-,23+/m1/s1. The minimum absolute atomic E-state index is 0.234. The van der Waals surface area contributed by atoms with Crippen LogP contribution < -0.4 is 0 Å². The summed E-state index contributed by atoms with van der Waals surface area (Å²) in [5, 5.41) is 10.2. The Morgan fingerprint density at radius 2 is 1.48 bits per heavy atom. The lowest BCUT2D eigenvalue weighted by atomic mass is 10.0. The zero-order valence-electron chi connectivity index (χ0n) is 17.8. The third-order valence-electron chi connectivity index (χ3n) is 5.92. The van der Waals surface area contributed by atoms with Crippen molar-refractivity contribution in [2.75, 3.05) is 6.26 Å². The van der Waals surface area contributed by atoms with E-state index in [-0.39, 0.29) is 10.8 Å². The zero-order valence-corrected chi connectivity index (χ0v) is 19.4. The van der Waals surface area contributed by atoms with E-state index in [0.29, 0.717) is 23.4 Å². The van der Waals surface area contributed by atoms with Crippen LogP contribution >= 0.6 is 11.6 Å². The smallest absolute Gasteiger partial charge is 0.326 e. The monoisotopic (exact) mass is 483 g/mol. The molecular weight excluding hydrogens is 462 g/mol. The highest BCUT2D eigenvalue weighted by molar-refractivity contribution is 7.90. The molecule has 0 radical (unpaired) electrons. The number of carboxylic acid groups (broad SMARTS) is 1. The fourth-order valence-electron chi connectivity index (χ4n) is 4.24. The van der Waals surface area contributed by atoms with Gasteiger partial charge in [-0.05, 0) is 59.9 Å². The molecule has 1 aliphatic heterocycles. The van der Waals surface area contributed by atoms with Crippen molar-refractivity contribution in [2.24, 2.45) is 0 Å². The minimum Gasteiger partial charge on any atom is -0.480 e. The lowest BCUT2D eigenvalue weighted by Crippen LogP contribution is -2.41. The van der Waals surface area contributed by atoms with E-state index in [1.165, 1.54) is 4.90 Å². The van der Waals surface area contributed by atoms with E-state index in [0.717, 1.165) is 22.9 Å². The molecule has 4 rings (SSSR count). The average Bonchev–Trinajstić information content (AvgIpc) is 3.24. The number of nitrogens with zero attached hydrogens (tertiary/aromatic N) is 1. The van der Waals surface area contributed by atoms with Gasteiger partial charge in [0.2, 0.25) is 0 Å². The Morgan fingerprint density at radius 3 is 2.03 bits per heavy atom. The van der Waals surface area contributed by atoms with Gasteiger partial charge in [-0.2, -0.15) is 0 Å². The Labute approximate surface area is 197 Å². The quantitative estimate of drug-likeness (QED) is 0.560. The highest BCUT2D eigenvalue weighted by atomic mass is 35.5. The molecule has 1 saturated heterocycles. The average molecular weight is 484 g/mol. The third kappa shape index (κ3) is 4.65. The summed E-state index contributed by atoms with van der Waals surface area (Å²) in [7, 11) is -3.28. The van der Waals surface area contributed by atoms with Gasteiger partial charge in [0.1, 0.15) is 6.04 Å². The number of sulfone groups is 1. The Bertz CT molecular complexity index is 1300. The van der Waals surface area contributed by atoms with Crippen LogP contribution in [0.4, 0.5) is 0 Å². The number of hydrogen-bond donors (Lipinski definition) is 1. The SMILES string of the molecule is CS(=O)(=O)c1ccc(-c2ccc(C(=O)N3[C@@H](c4ccccc4Cl)CC[C@H]3C(=O)O)cc2)cc1. The van der Waals surface area contributed by atoms with Crippen molar-refractivity contribution in [2.45, 2.75) is 29.8 Å². The van der Waals surface area contributed by atoms with E-state index in [2.05, 4.69) is 0 Å². The molecule has 6 nitrogen and oxygen atoms in total. The first-order chi connectivity index (χ1) is 15.7. The van der Waals surface area contributed by atoms with Crippen LogP contribution in [0.2, 0.25) is 5.02 Å². The Balaban J connectivity index is 1.63. The fourth-order valence-corrected chi connectivity index (χ4v) is 5.13. The number of rotatable bonds is 5. The molecule has 1 aliphatic rings. The van der Waals surface area contributed by atoms with Crippen molar-refractivity contribution in [3.8, 4) is 11.1 Å². The second kappa shape index (κ2) is 9.00. The third-order valence-corrected chi connectivity index (χ3v) is 7.39. The van der Waals surface area contributed by atoms with Crippen molar-refractivity contribution in [3.05, 3.63) is 88.9 Å². The molecule has 33 heavy (non-hydrogen) atoms. The van der Waals surface area contributed by atoms with Gasteiger partial charge in [-0.25, -0.2) is 13.2 Å². The van der Waals surface area contributed by atoms with E-state index in [4.69, 9.17) is 11.6 Å². The molecule has 0 bridgehead atoms. The molecule has 3 aromatic carbocycles. The molecule has 0 aromatic heterocycles. The van der Waals surface area contributed by atoms with E-state index in [1.54, 1.807) is 60.7 Å². The molecule has 0 unspecified atom stereocenters. The second-order valence-electron chi connectivity index (χ2n) is 8.06. The molecular formula is C25H22ClNO5S. The van der Waals surface area contributed by atoms with Gasteiger partial charge in [0.15, 0.2) is 9.84 Å². The van der Waals surface area contributed by atoms with Crippen LogP contribution in [0, 0.1) is 0 Å². The molecule has 2 atom stereocenters. The molecule has 1 amide bonds. The summed E-state index contributed by atoms with van der Waals surface area (Å²) >= 11 is 6.35. The van der Waals surface area contributed by atoms with Gasteiger partial charge in [0.05, 0.1) is 10.9 Å². The highest BCUT2D eigenvalue weighted by Crippen LogP contribution is 2.40. The fraction of sp³-hybridized carbons (Fsp3) is 0.200. The van der Waals surface area contributed by atoms with Gasteiger partial charge >= 0.3 is 5.97 Å². The van der Waals surface area contributed by atoms with E-state index in [9.17, 15) is 23.1 Å². The Morgan fingerprint density at radius 1 is 0.909 bits per heavy atom. The number of carbonyl (C=O) groups is 2. The van der Waals surface area contributed by atoms with Crippen molar-refractivity contribution >= 4 is 33.3 Å². The van der Waals surface area contributed by atoms with Gasteiger partial charge in [-0.15, -0.1) is 0 Å². The number of likely N-dealkylation sites (tertiary alicyclic amines) is 1. The molecule has 170 valence electrons. The zero-order chi connectivity index (χ0) is 23.8. The van der Waals surface area contributed by atoms with Crippen LogP contribution in [0.5, 0.6) is 0 Å². The molecule has 1 N–H and O–H groups in total. The van der Waals surface area contributed by atoms with Crippen LogP contribution in [-0.4, -0.2) is 42.6 Å². The Hall–Kier alpha value is -3.16.